The van der Waals surface area contributed by atoms with Gasteiger partial charge >= 0.3 is 0 Å². The highest BCUT2D eigenvalue weighted by Crippen LogP contribution is 2.46. The first-order valence-electron chi connectivity index (χ1n) is 8.65. The highest BCUT2D eigenvalue weighted by molar-refractivity contribution is 7.99. The minimum Gasteiger partial charge on any atom is -0.301 e. The van der Waals surface area contributed by atoms with Gasteiger partial charge in [-0.3, -0.25) is 0 Å². The van der Waals surface area contributed by atoms with E-state index in [1.807, 2.05) is 11.8 Å². The van der Waals surface area contributed by atoms with Crippen LogP contribution < -0.4 is 0 Å². The van der Waals surface area contributed by atoms with Gasteiger partial charge in [-0.25, -0.2) is 0 Å². The summed E-state index contributed by atoms with van der Waals surface area (Å²) in [7, 11) is 4.35. The second-order valence-corrected chi connectivity index (χ2v) is 7.80. The number of hydrogen-bond acceptors (Lipinski definition) is 2. The Labute approximate surface area is 155 Å². The molecule has 25 heavy (non-hydrogen) atoms. The summed E-state index contributed by atoms with van der Waals surface area (Å²) in [5.41, 5.74) is 4.01. The Morgan fingerprint density at radius 2 is 1.24 bits per heavy atom. The van der Waals surface area contributed by atoms with Gasteiger partial charge in [-0.05, 0) is 44.3 Å². The summed E-state index contributed by atoms with van der Waals surface area (Å²) < 4.78 is 0. The van der Waals surface area contributed by atoms with E-state index in [0.29, 0.717) is 11.3 Å². The molecule has 2 atom stereocenters. The minimum atomic E-state index is 0.299. The third-order valence-electron chi connectivity index (χ3n) is 4.40. The number of likely N-dealkylation sites (N-methyl/N-ethyl adjacent to an activating group) is 1. The molecule has 0 saturated heterocycles. The average Bonchev–Trinajstić information content (AvgIpc) is 2.64. The van der Waals surface area contributed by atoms with Gasteiger partial charge in [-0.1, -0.05) is 78.4 Å². The van der Waals surface area contributed by atoms with Crippen molar-refractivity contribution in [1.29, 1.82) is 0 Å². The molecule has 0 saturated carbocycles. The fourth-order valence-corrected chi connectivity index (χ4v) is 4.54. The molecule has 0 bridgehead atoms. The molecule has 0 fully saturated rings. The zero-order valence-corrected chi connectivity index (χ0v) is 15.9. The monoisotopic (exact) mass is 347 g/mol. The second-order valence-electron chi connectivity index (χ2n) is 6.58. The van der Waals surface area contributed by atoms with E-state index < -0.39 is 0 Å². The van der Waals surface area contributed by atoms with Gasteiger partial charge in [0.05, 0.1) is 11.3 Å². The first-order valence-corrected chi connectivity index (χ1v) is 9.53. The van der Waals surface area contributed by atoms with Crippen molar-refractivity contribution in [2.45, 2.75) is 23.1 Å². The lowest BCUT2D eigenvalue weighted by atomic mass is 9.96. The summed E-state index contributed by atoms with van der Waals surface area (Å²) in [5, 5.41) is 0.321. The molecule has 0 aliphatic carbocycles. The molecule has 3 aromatic carbocycles. The van der Waals surface area contributed by atoms with Crippen LogP contribution >= 0.6 is 11.8 Å². The standard InChI is InChI=1S/C23H25NS/c1-18-14-16-19(17-15-18)22(24(2)3)23(20-10-6-4-7-11-20)25-21-12-8-5-9-13-21/h4-17,22-23H,1-3H3. The van der Waals surface area contributed by atoms with Gasteiger partial charge in [0, 0.05) is 4.90 Å². The normalized spacial score (nSPS) is 13.6. The SMILES string of the molecule is Cc1ccc(C(C(Sc2ccccc2)c2ccccc2)N(C)C)cc1. The fourth-order valence-electron chi connectivity index (χ4n) is 3.11. The Morgan fingerprint density at radius 1 is 0.680 bits per heavy atom. The van der Waals surface area contributed by atoms with Crippen LogP contribution in [0.5, 0.6) is 0 Å². The van der Waals surface area contributed by atoms with Crippen LogP contribution in [0.2, 0.25) is 0 Å². The van der Waals surface area contributed by atoms with E-state index in [1.54, 1.807) is 0 Å². The number of aryl methyl sites for hydroxylation is 1. The van der Waals surface area contributed by atoms with Crippen LogP contribution in [0.25, 0.3) is 0 Å². The van der Waals surface area contributed by atoms with Crippen LogP contribution in [0.15, 0.2) is 89.8 Å². The predicted octanol–water partition coefficient (Wildman–Crippen LogP) is 6.13. The Morgan fingerprint density at radius 3 is 1.80 bits per heavy atom. The molecule has 0 aromatic heterocycles. The maximum Gasteiger partial charge on any atom is 0.0541 e. The maximum atomic E-state index is 2.33. The van der Waals surface area contributed by atoms with Crippen molar-refractivity contribution in [3.8, 4) is 0 Å². The largest absolute Gasteiger partial charge is 0.301 e. The van der Waals surface area contributed by atoms with Gasteiger partial charge in [0.15, 0.2) is 0 Å². The number of hydrogen-bond donors (Lipinski definition) is 0. The molecule has 2 unspecified atom stereocenters. The van der Waals surface area contributed by atoms with Crippen LogP contribution in [0, 0.1) is 6.92 Å². The van der Waals surface area contributed by atoms with Crippen molar-refractivity contribution < 1.29 is 0 Å². The summed E-state index contributed by atoms with van der Waals surface area (Å²) in [6.07, 6.45) is 0. The van der Waals surface area contributed by atoms with Crippen LogP contribution in [-0.2, 0) is 0 Å². The Balaban J connectivity index is 2.02. The highest BCUT2D eigenvalue weighted by atomic mass is 32.2. The second kappa shape index (κ2) is 8.37. The molecule has 2 heteroatoms. The van der Waals surface area contributed by atoms with Gasteiger partial charge in [-0.15, -0.1) is 11.8 Å². The maximum absolute atomic E-state index is 2.33. The van der Waals surface area contributed by atoms with Crippen molar-refractivity contribution in [1.82, 2.24) is 4.90 Å². The summed E-state index contributed by atoms with van der Waals surface area (Å²) in [6, 6.07) is 30.8. The van der Waals surface area contributed by atoms with Crippen molar-refractivity contribution in [2.75, 3.05) is 14.1 Å². The molecule has 128 valence electrons. The Bertz CT molecular complexity index is 766. The van der Waals surface area contributed by atoms with Gasteiger partial charge < -0.3 is 4.90 Å². The number of thioether (sulfide) groups is 1. The van der Waals surface area contributed by atoms with E-state index in [-0.39, 0.29) is 0 Å². The molecular formula is C23H25NS. The summed E-state index contributed by atoms with van der Waals surface area (Å²) in [5.74, 6) is 0. The fraction of sp³-hybridized carbons (Fsp3) is 0.217. The third-order valence-corrected chi connectivity index (χ3v) is 5.72. The molecule has 1 nitrogen and oxygen atoms in total. The molecular weight excluding hydrogens is 322 g/mol. The van der Waals surface area contributed by atoms with Crippen LogP contribution in [0.1, 0.15) is 28.0 Å². The molecule has 0 aliphatic rings. The van der Waals surface area contributed by atoms with Gasteiger partial charge in [0.2, 0.25) is 0 Å². The molecule has 0 radical (unpaired) electrons. The molecule has 3 aromatic rings. The van der Waals surface area contributed by atoms with E-state index in [1.165, 1.54) is 21.6 Å². The van der Waals surface area contributed by atoms with Crippen molar-refractivity contribution in [3.05, 3.63) is 102 Å². The van der Waals surface area contributed by atoms with Crippen molar-refractivity contribution >= 4 is 11.8 Å². The van der Waals surface area contributed by atoms with E-state index in [4.69, 9.17) is 0 Å². The van der Waals surface area contributed by atoms with E-state index in [2.05, 4.69) is 111 Å². The first-order chi connectivity index (χ1) is 12.1. The molecule has 0 N–H and O–H groups in total. The highest BCUT2D eigenvalue weighted by Gasteiger charge is 2.27. The van der Waals surface area contributed by atoms with Crippen LogP contribution in [0.3, 0.4) is 0 Å². The van der Waals surface area contributed by atoms with E-state index in [9.17, 15) is 0 Å². The lowest BCUT2D eigenvalue weighted by Gasteiger charge is -2.33. The Kier molecular flexibility index (Phi) is 5.95. The average molecular weight is 348 g/mol. The van der Waals surface area contributed by atoms with Gasteiger partial charge in [-0.2, -0.15) is 0 Å². The summed E-state index contributed by atoms with van der Waals surface area (Å²) in [4.78, 5) is 3.63. The van der Waals surface area contributed by atoms with Crippen LogP contribution in [-0.4, -0.2) is 19.0 Å². The molecule has 0 spiro atoms. The first kappa shape index (κ1) is 17.8. The lowest BCUT2D eigenvalue weighted by Crippen LogP contribution is -2.25. The number of benzene rings is 3. The molecule has 0 amide bonds. The topological polar surface area (TPSA) is 3.24 Å². The zero-order chi connectivity index (χ0) is 17.6. The molecule has 3 rings (SSSR count). The van der Waals surface area contributed by atoms with E-state index in [0.717, 1.165) is 0 Å². The van der Waals surface area contributed by atoms with Crippen molar-refractivity contribution in [3.63, 3.8) is 0 Å². The van der Waals surface area contributed by atoms with E-state index >= 15 is 0 Å². The smallest absolute Gasteiger partial charge is 0.0541 e. The lowest BCUT2D eigenvalue weighted by molar-refractivity contribution is 0.293. The third kappa shape index (κ3) is 4.53. The quantitative estimate of drug-likeness (QED) is 0.493. The summed E-state index contributed by atoms with van der Waals surface area (Å²) in [6.45, 7) is 2.14. The van der Waals surface area contributed by atoms with Gasteiger partial charge in [0.25, 0.3) is 0 Å². The molecule has 0 aliphatic heterocycles. The predicted molar refractivity (Wildman–Crippen MR) is 109 cm³/mol. The summed E-state index contributed by atoms with van der Waals surface area (Å²) >= 11 is 1.94. The molecule has 0 heterocycles. The van der Waals surface area contributed by atoms with Gasteiger partial charge in [0.1, 0.15) is 0 Å². The number of nitrogens with zero attached hydrogens (tertiary/aromatic N) is 1. The number of rotatable bonds is 6. The van der Waals surface area contributed by atoms with Crippen molar-refractivity contribution in [2.24, 2.45) is 0 Å². The van der Waals surface area contributed by atoms with Crippen LogP contribution in [0.4, 0.5) is 0 Å². The zero-order valence-electron chi connectivity index (χ0n) is 15.1. The Hall–Kier alpha value is -2.03. The minimum absolute atomic E-state index is 0.299.